The fraction of sp³-hybridized carbons (Fsp3) is 0.474. The summed E-state index contributed by atoms with van der Waals surface area (Å²) in [5.41, 5.74) is 2.20. The Balaban J connectivity index is 2.75. The third-order valence-electron chi connectivity index (χ3n) is 3.68. The summed E-state index contributed by atoms with van der Waals surface area (Å²) in [6.07, 6.45) is 0. The number of benzene rings is 1. The van der Waals surface area contributed by atoms with Gasteiger partial charge in [-0.05, 0) is 12.5 Å². The van der Waals surface area contributed by atoms with Gasteiger partial charge in [-0.15, -0.1) is 0 Å². The van der Waals surface area contributed by atoms with Gasteiger partial charge in [-0.3, -0.25) is 4.79 Å². The van der Waals surface area contributed by atoms with Gasteiger partial charge in [0, 0.05) is 32.6 Å². The fourth-order valence-electron chi connectivity index (χ4n) is 1.99. The van der Waals surface area contributed by atoms with Crippen LogP contribution in [-0.2, 0) is 10.2 Å². The molecule has 0 heterocycles. The molecule has 0 fully saturated rings. The van der Waals surface area contributed by atoms with Crippen LogP contribution in [0.5, 0.6) is 0 Å². The minimum atomic E-state index is -0.0571. The Morgan fingerprint density at radius 3 is 2.38 bits per heavy atom. The van der Waals surface area contributed by atoms with Gasteiger partial charge in [0.05, 0.1) is 0 Å². The summed E-state index contributed by atoms with van der Waals surface area (Å²) in [6, 6.07) is 10.3. The molecule has 1 aromatic carbocycles. The van der Waals surface area contributed by atoms with Gasteiger partial charge in [-0.1, -0.05) is 56.3 Å². The molecule has 24 heavy (non-hydrogen) atoms. The number of rotatable bonds is 7. The Labute approximate surface area is 145 Å². The monoisotopic (exact) mass is 330 g/mol. The number of carbonyl (C=O) groups excluding carboxylic acids is 1. The molecule has 0 saturated carbocycles. The van der Waals surface area contributed by atoms with Crippen molar-refractivity contribution in [3.05, 3.63) is 48.0 Å². The first-order chi connectivity index (χ1) is 11.2. The van der Waals surface area contributed by atoms with Crippen LogP contribution in [0.25, 0.3) is 0 Å². The van der Waals surface area contributed by atoms with Crippen molar-refractivity contribution in [2.45, 2.75) is 26.2 Å². The Hall–Kier alpha value is -2.30. The van der Waals surface area contributed by atoms with E-state index in [-0.39, 0.29) is 17.9 Å². The maximum Gasteiger partial charge on any atom is 0.243 e. The summed E-state index contributed by atoms with van der Waals surface area (Å²) in [4.78, 5) is 17.7. The number of hydrogen-bond donors (Lipinski definition) is 2. The first-order valence-electron chi connectivity index (χ1n) is 8.14. The van der Waals surface area contributed by atoms with Crippen molar-refractivity contribution >= 4 is 11.9 Å². The molecule has 0 aliphatic rings. The molecule has 5 nitrogen and oxygen atoms in total. The van der Waals surface area contributed by atoms with Crippen molar-refractivity contribution < 1.29 is 4.79 Å². The molecule has 0 bridgehead atoms. The number of aliphatic imine (C=N–C) groups is 1. The van der Waals surface area contributed by atoms with Crippen LogP contribution in [0, 0.1) is 0 Å². The molecule has 0 saturated heterocycles. The SMILES string of the molecule is C=C(C)CNC(=NCC(=O)N(C)C)NCC(C)(C)c1ccccc1. The van der Waals surface area contributed by atoms with Crippen molar-refractivity contribution in [3.8, 4) is 0 Å². The van der Waals surface area contributed by atoms with Crippen LogP contribution in [0.1, 0.15) is 26.3 Å². The molecule has 0 spiro atoms. The molecule has 0 unspecified atom stereocenters. The Morgan fingerprint density at radius 2 is 1.83 bits per heavy atom. The molecule has 0 aliphatic heterocycles. The number of carbonyl (C=O) groups is 1. The van der Waals surface area contributed by atoms with Gasteiger partial charge in [-0.25, -0.2) is 4.99 Å². The molecular weight excluding hydrogens is 300 g/mol. The van der Waals surface area contributed by atoms with Crippen molar-refractivity contribution in [2.24, 2.45) is 4.99 Å². The first kappa shape index (κ1) is 19.7. The zero-order valence-corrected chi connectivity index (χ0v) is 15.5. The Kier molecular flexibility index (Phi) is 7.49. The van der Waals surface area contributed by atoms with Crippen LogP contribution in [0.4, 0.5) is 0 Å². The predicted molar refractivity (Wildman–Crippen MR) is 101 cm³/mol. The van der Waals surface area contributed by atoms with Crippen molar-refractivity contribution in [3.63, 3.8) is 0 Å². The highest BCUT2D eigenvalue weighted by molar-refractivity contribution is 5.84. The van der Waals surface area contributed by atoms with Crippen LogP contribution in [-0.4, -0.2) is 50.5 Å². The van der Waals surface area contributed by atoms with Gasteiger partial charge in [0.2, 0.25) is 5.91 Å². The van der Waals surface area contributed by atoms with Gasteiger partial charge in [-0.2, -0.15) is 0 Å². The highest BCUT2D eigenvalue weighted by Gasteiger charge is 2.20. The standard InChI is InChI=1S/C19H30N4O/c1-15(2)12-20-18(21-13-17(24)23(5)6)22-14-19(3,4)16-10-8-7-9-11-16/h7-11H,1,12-14H2,2-6H3,(H2,20,21,22). The van der Waals surface area contributed by atoms with Gasteiger partial charge in [0.1, 0.15) is 6.54 Å². The number of nitrogens with zero attached hydrogens (tertiary/aromatic N) is 2. The van der Waals surface area contributed by atoms with E-state index >= 15 is 0 Å². The van der Waals surface area contributed by atoms with E-state index in [0.717, 1.165) is 5.57 Å². The summed E-state index contributed by atoms with van der Waals surface area (Å²) in [7, 11) is 3.45. The summed E-state index contributed by atoms with van der Waals surface area (Å²) >= 11 is 0. The minimum absolute atomic E-state index is 0.0336. The van der Waals surface area contributed by atoms with Gasteiger partial charge in [0.25, 0.3) is 0 Å². The maximum atomic E-state index is 11.8. The molecule has 0 radical (unpaired) electrons. The molecule has 0 aromatic heterocycles. The molecule has 1 amide bonds. The highest BCUT2D eigenvalue weighted by atomic mass is 16.2. The van der Waals surface area contributed by atoms with Crippen LogP contribution in [0.3, 0.4) is 0 Å². The normalized spacial score (nSPS) is 11.8. The lowest BCUT2D eigenvalue weighted by atomic mass is 9.85. The van der Waals surface area contributed by atoms with Crippen LogP contribution < -0.4 is 10.6 Å². The van der Waals surface area contributed by atoms with E-state index in [0.29, 0.717) is 19.0 Å². The average Bonchev–Trinajstić information content (AvgIpc) is 2.54. The molecule has 132 valence electrons. The minimum Gasteiger partial charge on any atom is -0.356 e. The second-order valence-corrected chi connectivity index (χ2v) is 6.87. The van der Waals surface area contributed by atoms with Crippen molar-refractivity contribution in [2.75, 3.05) is 33.7 Å². The second kappa shape index (κ2) is 9.11. The molecular formula is C19H30N4O. The van der Waals surface area contributed by atoms with E-state index in [9.17, 15) is 4.79 Å². The zero-order chi connectivity index (χ0) is 18.2. The number of hydrogen-bond acceptors (Lipinski definition) is 2. The summed E-state index contributed by atoms with van der Waals surface area (Å²) in [5.74, 6) is 0.589. The summed E-state index contributed by atoms with van der Waals surface area (Å²) in [6.45, 7) is 11.6. The number of amides is 1. The topological polar surface area (TPSA) is 56.7 Å². The first-order valence-corrected chi connectivity index (χ1v) is 8.14. The third-order valence-corrected chi connectivity index (χ3v) is 3.68. The van der Waals surface area contributed by atoms with Gasteiger partial charge in [0.15, 0.2) is 5.96 Å². The molecule has 1 rings (SSSR count). The third kappa shape index (κ3) is 6.86. The number of guanidine groups is 1. The van der Waals surface area contributed by atoms with E-state index < -0.39 is 0 Å². The molecule has 1 aromatic rings. The van der Waals surface area contributed by atoms with E-state index in [1.54, 1.807) is 14.1 Å². The lowest BCUT2D eigenvalue weighted by Crippen LogP contribution is -2.44. The number of likely N-dealkylation sites (N-methyl/N-ethyl adjacent to an activating group) is 1. The largest absolute Gasteiger partial charge is 0.356 e. The van der Waals surface area contributed by atoms with E-state index in [1.807, 2.05) is 25.1 Å². The summed E-state index contributed by atoms with van der Waals surface area (Å²) in [5, 5.41) is 6.54. The highest BCUT2D eigenvalue weighted by Crippen LogP contribution is 2.21. The van der Waals surface area contributed by atoms with E-state index in [1.165, 1.54) is 10.5 Å². The van der Waals surface area contributed by atoms with Crippen molar-refractivity contribution in [1.29, 1.82) is 0 Å². The summed E-state index contributed by atoms with van der Waals surface area (Å²) < 4.78 is 0. The Morgan fingerprint density at radius 1 is 1.21 bits per heavy atom. The van der Waals surface area contributed by atoms with Crippen LogP contribution in [0.2, 0.25) is 0 Å². The second-order valence-electron chi connectivity index (χ2n) is 6.87. The van der Waals surface area contributed by atoms with Crippen molar-refractivity contribution in [1.82, 2.24) is 15.5 Å². The molecule has 0 aliphatic carbocycles. The molecule has 2 N–H and O–H groups in total. The van der Waals surface area contributed by atoms with Crippen LogP contribution in [0.15, 0.2) is 47.5 Å². The lowest BCUT2D eigenvalue weighted by Gasteiger charge is -2.27. The Bertz CT molecular complexity index is 576. The van der Waals surface area contributed by atoms with Gasteiger partial charge >= 0.3 is 0 Å². The number of nitrogens with one attached hydrogen (secondary N) is 2. The maximum absolute atomic E-state index is 11.8. The molecule has 5 heteroatoms. The molecule has 0 atom stereocenters. The fourth-order valence-corrected chi connectivity index (χ4v) is 1.99. The van der Waals surface area contributed by atoms with E-state index in [4.69, 9.17) is 0 Å². The quantitative estimate of drug-likeness (QED) is 0.458. The van der Waals surface area contributed by atoms with Gasteiger partial charge < -0.3 is 15.5 Å². The lowest BCUT2D eigenvalue weighted by molar-refractivity contribution is -0.127. The smallest absolute Gasteiger partial charge is 0.243 e. The average molecular weight is 330 g/mol. The van der Waals surface area contributed by atoms with E-state index in [2.05, 4.69) is 48.2 Å². The zero-order valence-electron chi connectivity index (χ0n) is 15.5. The van der Waals surface area contributed by atoms with Crippen LogP contribution >= 0.6 is 0 Å². The predicted octanol–water partition coefficient (Wildman–Crippen LogP) is 2.16.